The van der Waals surface area contributed by atoms with E-state index in [-0.39, 0.29) is 41.9 Å². The van der Waals surface area contributed by atoms with E-state index in [1.807, 2.05) is 18.2 Å². The molecule has 1 heterocycles. The van der Waals surface area contributed by atoms with Crippen LogP contribution in [0.2, 0.25) is 0 Å². The molecule has 9 heteroatoms. The first-order chi connectivity index (χ1) is 15.6. The van der Waals surface area contributed by atoms with Gasteiger partial charge in [-0.05, 0) is 30.7 Å². The molecule has 2 aromatic rings. The molecule has 0 unspecified atom stereocenters. The van der Waals surface area contributed by atoms with E-state index < -0.39 is 5.97 Å². The molecule has 0 amide bonds. The van der Waals surface area contributed by atoms with Gasteiger partial charge in [0.1, 0.15) is 17.1 Å². The van der Waals surface area contributed by atoms with Crippen LogP contribution in [0.5, 0.6) is 11.5 Å². The molecular weight excluding hydrogens is 479 g/mol. The lowest BCUT2D eigenvalue weighted by molar-refractivity contribution is 0.0483. The highest BCUT2D eigenvalue weighted by Gasteiger charge is 2.21. The molecule has 2 aromatic carbocycles. The Morgan fingerprint density at radius 1 is 0.882 bits per heavy atom. The lowest BCUT2D eigenvalue weighted by Crippen LogP contribution is -2.46. The van der Waals surface area contributed by atoms with Crippen LogP contribution in [0.25, 0.3) is 0 Å². The van der Waals surface area contributed by atoms with E-state index in [1.54, 1.807) is 32.2 Å². The Balaban J connectivity index is 0.00000289. The van der Waals surface area contributed by atoms with E-state index in [1.165, 1.54) is 7.11 Å². The summed E-state index contributed by atoms with van der Waals surface area (Å²) in [7, 11) is 3.16. The van der Waals surface area contributed by atoms with Crippen molar-refractivity contribution < 1.29 is 23.8 Å². The van der Waals surface area contributed by atoms with Crippen molar-refractivity contribution in [2.75, 3.05) is 58.5 Å². The number of para-hydroxylation sites is 3. The van der Waals surface area contributed by atoms with Gasteiger partial charge in [0.15, 0.2) is 5.78 Å². The predicted octanol–water partition coefficient (Wildman–Crippen LogP) is 4.51. The fourth-order valence-electron chi connectivity index (χ4n) is 3.96. The molecule has 1 fully saturated rings. The highest BCUT2D eigenvalue weighted by atomic mass is 35.5. The minimum atomic E-state index is -0.464. The molecule has 34 heavy (non-hydrogen) atoms. The fraction of sp³-hybridized carbons (Fsp3) is 0.440. The van der Waals surface area contributed by atoms with Crippen molar-refractivity contribution in [3.05, 3.63) is 53.6 Å². The smallest absolute Gasteiger partial charge is 0.341 e. The quantitative estimate of drug-likeness (QED) is 0.263. The zero-order valence-electron chi connectivity index (χ0n) is 20.0. The number of nitrogens with zero attached hydrogens (tertiary/aromatic N) is 2. The Bertz CT molecular complexity index is 933. The molecule has 1 aliphatic heterocycles. The van der Waals surface area contributed by atoms with E-state index in [0.29, 0.717) is 18.6 Å². The third-order valence-electron chi connectivity index (χ3n) is 5.71. The molecule has 0 aromatic heterocycles. The number of piperazine rings is 1. The maximum atomic E-state index is 12.6. The van der Waals surface area contributed by atoms with Crippen molar-refractivity contribution >= 4 is 42.3 Å². The number of ketones is 1. The minimum Gasteiger partial charge on any atom is -0.495 e. The summed E-state index contributed by atoms with van der Waals surface area (Å²) in [5.74, 6) is 0.655. The molecule has 188 valence electrons. The lowest BCUT2D eigenvalue weighted by Gasteiger charge is -2.36. The average Bonchev–Trinajstić information content (AvgIpc) is 2.85. The molecule has 1 saturated heterocycles. The summed E-state index contributed by atoms with van der Waals surface area (Å²) in [5, 5.41) is 0. The number of halogens is 2. The van der Waals surface area contributed by atoms with Crippen molar-refractivity contribution in [2.24, 2.45) is 0 Å². The topological polar surface area (TPSA) is 68.3 Å². The van der Waals surface area contributed by atoms with E-state index in [4.69, 9.17) is 14.2 Å². The second-order valence-electron chi connectivity index (χ2n) is 7.65. The normalized spacial score (nSPS) is 13.3. The molecule has 0 aliphatic carbocycles. The standard InChI is InChI=1S/C25H32N2O5.2ClH/c1-4-22(28)19-9-7-10-20(24(19)31-3)25(29)32-18-8-13-26-14-16-27(17-15-26)21-11-5-6-12-23(21)30-2;;/h5-7,9-12H,4,8,13-18H2,1-3H3;2*1H. The molecule has 1 aliphatic rings. The number of ether oxygens (including phenoxy) is 3. The Morgan fingerprint density at radius 2 is 1.56 bits per heavy atom. The molecule has 0 radical (unpaired) electrons. The van der Waals surface area contributed by atoms with Gasteiger partial charge in [-0.3, -0.25) is 9.69 Å². The van der Waals surface area contributed by atoms with Crippen molar-refractivity contribution in [3.63, 3.8) is 0 Å². The number of hydrogen-bond donors (Lipinski definition) is 0. The van der Waals surface area contributed by atoms with Crippen molar-refractivity contribution in [2.45, 2.75) is 19.8 Å². The van der Waals surface area contributed by atoms with Crippen molar-refractivity contribution in [3.8, 4) is 11.5 Å². The molecule has 7 nitrogen and oxygen atoms in total. The second kappa shape index (κ2) is 14.7. The molecule has 3 rings (SSSR count). The van der Waals surface area contributed by atoms with E-state index in [9.17, 15) is 9.59 Å². The van der Waals surface area contributed by atoms with Gasteiger partial charge in [0.05, 0.1) is 32.1 Å². The van der Waals surface area contributed by atoms with Crippen LogP contribution < -0.4 is 14.4 Å². The van der Waals surface area contributed by atoms with E-state index in [0.717, 1.165) is 50.6 Å². The number of benzene rings is 2. The first-order valence-corrected chi connectivity index (χ1v) is 11.1. The molecule has 0 spiro atoms. The molecule has 0 bridgehead atoms. The van der Waals surface area contributed by atoms with Crippen LogP contribution >= 0.6 is 24.8 Å². The van der Waals surface area contributed by atoms with Gasteiger partial charge >= 0.3 is 5.97 Å². The van der Waals surface area contributed by atoms with Crippen LogP contribution in [0, 0.1) is 0 Å². The van der Waals surface area contributed by atoms with Crippen LogP contribution in [0.3, 0.4) is 0 Å². The second-order valence-corrected chi connectivity index (χ2v) is 7.65. The van der Waals surface area contributed by atoms with E-state index in [2.05, 4.69) is 15.9 Å². The summed E-state index contributed by atoms with van der Waals surface area (Å²) in [6, 6.07) is 13.1. The highest BCUT2D eigenvalue weighted by Crippen LogP contribution is 2.28. The van der Waals surface area contributed by atoms with Crippen molar-refractivity contribution in [1.29, 1.82) is 0 Å². The first-order valence-electron chi connectivity index (χ1n) is 11.1. The number of methoxy groups -OCH3 is 2. The number of esters is 1. The van der Waals surface area contributed by atoms with Gasteiger partial charge in [-0.1, -0.05) is 25.1 Å². The third kappa shape index (κ3) is 7.26. The van der Waals surface area contributed by atoms with Crippen LogP contribution in [0.4, 0.5) is 5.69 Å². The maximum absolute atomic E-state index is 12.6. The monoisotopic (exact) mass is 512 g/mol. The van der Waals surface area contributed by atoms with Crippen LogP contribution in [0.1, 0.15) is 40.5 Å². The number of hydrogen-bond acceptors (Lipinski definition) is 7. The van der Waals surface area contributed by atoms with Gasteiger partial charge in [-0.15, -0.1) is 24.8 Å². The zero-order chi connectivity index (χ0) is 22.9. The van der Waals surface area contributed by atoms with E-state index >= 15 is 0 Å². The Morgan fingerprint density at radius 3 is 2.21 bits per heavy atom. The van der Waals surface area contributed by atoms with Gasteiger partial charge in [0, 0.05) is 39.1 Å². The predicted molar refractivity (Wildman–Crippen MR) is 139 cm³/mol. The van der Waals surface area contributed by atoms with Crippen LogP contribution in [-0.4, -0.2) is 70.2 Å². The van der Waals surface area contributed by atoms with Gasteiger partial charge < -0.3 is 19.1 Å². The highest BCUT2D eigenvalue weighted by molar-refractivity contribution is 6.03. The summed E-state index contributed by atoms with van der Waals surface area (Å²) in [4.78, 5) is 29.4. The largest absolute Gasteiger partial charge is 0.495 e. The average molecular weight is 513 g/mol. The maximum Gasteiger partial charge on any atom is 0.341 e. The summed E-state index contributed by atoms with van der Waals surface area (Å²) in [6.45, 7) is 6.70. The number of carbonyl (C=O) groups excluding carboxylic acids is 2. The number of rotatable bonds is 10. The lowest BCUT2D eigenvalue weighted by atomic mass is 10.0. The third-order valence-corrected chi connectivity index (χ3v) is 5.71. The molecule has 0 atom stereocenters. The SMILES string of the molecule is CCC(=O)c1cccc(C(=O)OCCCN2CCN(c3ccccc3OC)CC2)c1OC.Cl.Cl. The Hall–Kier alpha value is -2.48. The minimum absolute atomic E-state index is 0. The van der Waals surface area contributed by atoms with Crippen molar-refractivity contribution in [1.82, 2.24) is 4.90 Å². The Labute approximate surface area is 214 Å². The molecular formula is C25H34Cl2N2O5. The van der Waals surface area contributed by atoms with Crippen LogP contribution in [-0.2, 0) is 4.74 Å². The summed E-state index contributed by atoms with van der Waals surface area (Å²) < 4.78 is 16.3. The van der Waals surface area contributed by atoms with Crippen LogP contribution in [0.15, 0.2) is 42.5 Å². The fourth-order valence-corrected chi connectivity index (χ4v) is 3.96. The summed E-state index contributed by atoms with van der Waals surface area (Å²) >= 11 is 0. The first kappa shape index (κ1) is 29.6. The van der Waals surface area contributed by atoms with Gasteiger partial charge in [-0.2, -0.15) is 0 Å². The molecule has 0 saturated carbocycles. The van der Waals surface area contributed by atoms with Gasteiger partial charge in [0.25, 0.3) is 0 Å². The zero-order valence-corrected chi connectivity index (χ0v) is 21.6. The Kier molecular flexibility index (Phi) is 12.8. The van der Waals surface area contributed by atoms with Gasteiger partial charge in [-0.25, -0.2) is 4.79 Å². The number of Topliss-reactive ketones (excluding diaryl/α,β-unsaturated/α-hetero) is 1. The number of carbonyl (C=O) groups is 2. The molecule has 0 N–H and O–H groups in total. The van der Waals surface area contributed by atoms with Gasteiger partial charge in [0.2, 0.25) is 0 Å². The number of anilines is 1. The summed E-state index contributed by atoms with van der Waals surface area (Å²) in [6.07, 6.45) is 1.09. The summed E-state index contributed by atoms with van der Waals surface area (Å²) in [5.41, 5.74) is 1.83.